The summed E-state index contributed by atoms with van der Waals surface area (Å²) in [6.45, 7) is 3.92. The van der Waals surface area contributed by atoms with E-state index in [9.17, 15) is 4.79 Å². The van der Waals surface area contributed by atoms with E-state index in [1.54, 1.807) is 12.3 Å². The Kier molecular flexibility index (Phi) is 6.61. The number of nitrogens with zero attached hydrogens (tertiary/aromatic N) is 2. The second kappa shape index (κ2) is 9.75. The molecule has 0 saturated heterocycles. The maximum absolute atomic E-state index is 13.1. The van der Waals surface area contributed by atoms with Gasteiger partial charge in [-0.1, -0.05) is 64.5 Å². The van der Waals surface area contributed by atoms with Gasteiger partial charge in [0.2, 0.25) is 0 Å². The van der Waals surface area contributed by atoms with Gasteiger partial charge in [-0.25, -0.2) is 10.4 Å². The number of halogens is 1. The van der Waals surface area contributed by atoms with Gasteiger partial charge in [0.25, 0.3) is 5.91 Å². The smallest absolute Gasteiger partial charge is 0.272 e. The van der Waals surface area contributed by atoms with Crippen LogP contribution in [0.25, 0.3) is 22.2 Å². The zero-order chi connectivity index (χ0) is 22.5. The molecular formula is C26H22BrN3O2. The van der Waals surface area contributed by atoms with Gasteiger partial charge >= 0.3 is 0 Å². The Morgan fingerprint density at radius 3 is 2.56 bits per heavy atom. The quantitative estimate of drug-likeness (QED) is 0.259. The van der Waals surface area contributed by atoms with E-state index in [0.717, 1.165) is 32.2 Å². The summed E-state index contributed by atoms with van der Waals surface area (Å²) in [6, 6.07) is 24.9. The number of hydrazone groups is 1. The van der Waals surface area contributed by atoms with Crippen molar-refractivity contribution in [2.75, 3.05) is 0 Å². The van der Waals surface area contributed by atoms with E-state index < -0.39 is 0 Å². The topological polar surface area (TPSA) is 63.6 Å². The second-order valence-corrected chi connectivity index (χ2v) is 8.40. The molecule has 0 unspecified atom stereocenters. The lowest BCUT2D eigenvalue weighted by Gasteiger charge is -2.12. The highest BCUT2D eigenvalue weighted by molar-refractivity contribution is 9.10. The summed E-state index contributed by atoms with van der Waals surface area (Å²) in [5.41, 5.74) is 6.36. The number of carbonyl (C=O) groups excluding carboxylic acids is 1. The van der Waals surface area contributed by atoms with Gasteiger partial charge in [-0.2, -0.15) is 5.10 Å². The molecule has 0 aliphatic heterocycles. The molecule has 1 N–H and O–H groups in total. The van der Waals surface area contributed by atoms with Gasteiger partial charge in [-0.05, 0) is 44.2 Å². The Morgan fingerprint density at radius 2 is 1.78 bits per heavy atom. The second-order valence-electron chi connectivity index (χ2n) is 7.49. The molecular weight excluding hydrogens is 466 g/mol. The minimum atomic E-state index is -0.307. The van der Waals surface area contributed by atoms with Crippen molar-refractivity contribution in [1.29, 1.82) is 0 Å². The normalized spacial score (nSPS) is 11.2. The molecule has 3 aromatic carbocycles. The van der Waals surface area contributed by atoms with Crippen molar-refractivity contribution in [2.24, 2.45) is 5.10 Å². The molecule has 0 bridgehead atoms. The third-order valence-electron chi connectivity index (χ3n) is 4.73. The van der Waals surface area contributed by atoms with Crippen molar-refractivity contribution >= 4 is 39.0 Å². The predicted molar refractivity (Wildman–Crippen MR) is 132 cm³/mol. The van der Waals surface area contributed by atoms with Crippen molar-refractivity contribution in [3.8, 4) is 17.0 Å². The van der Waals surface area contributed by atoms with E-state index in [0.29, 0.717) is 11.3 Å². The van der Waals surface area contributed by atoms with E-state index in [-0.39, 0.29) is 12.0 Å². The minimum absolute atomic E-state index is 0.0255. The number of para-hydroxylation sites is 1. The Balaban J connectivity index is 1.64. The zero-order valence-electron chi connectivity index (χ0n) is 17.7. The van der Waals surface area contributed by atoms with Crippen LogP contribution in [0.5, 0.6) is 5.75 Å². The van der Waals surface area contributed by atoms with Gasteiger partial charge in [0, 0.05) is 21.0 Å². The van der Waals surface area contributed by atoms with E-state index >= 15 is 0 Å². The average molecular weight is 488 g/mol. The molecule has 5 nitrogen and oxygen atoms in total. The lowest BCUT2D eigenvalue weighted by atomic mass is 10.0. The number of carbonyl (C=O) groups is 1. The number of hydrogen-bond acceptors (Lipinski definition) is 4. The molecule has 160 valence electrons. The van der Waals surface area contributed by atoms with Crippen molar-refractivity contribution in [3.05, 3.63) is 94.5 Å². The Labute approximate surface area is 195 Å². The van der Waals surface area contributed by atoms with Gasteiger partial charge in [0.1, 0.15) is 5.75 Å². The molecule has 32 heavy (non-hydrogen) atoms. The van der Waals surface area contributed by atoms with Crippen LogP contribution in [0.4, 0.5) is 0 Å². The highest BCUT2D eigenvalue weighted by Crippen LogP contribution is 2.25. The van der Waals surface area contributed by atoms with Gasteiger partial charge in [-0.15, -0.1) is 0 Å². The molecule has 4 aromatic rings. The Bertz CT molecular complexity index is 1290. The van der Waals surface area contributed by atoms with Gasteiger partial charge in [0.05, 0.1) is 29.1 Å². The first-order chi connectivity index (χ1) is 15.5. The molecule has 1 amide bonds. The monoisotopic (exact) mass is 487 g/mol. The number of amides is 1. The van der Waals surface area contributed by atoms with Crippen LogP contribution in [-0.4, -0.2) is 23.2 Å². The SMILES string of the molecule is CC(C)Oc1ccc(Br)cc1/C=N\NC(=O)c1cc(-c2ccccc2)nc2ccccc12. The average Bonchev–Trinajstić information content (AvgIpc) is 2.80. The maximum atomic E-state index is 13.1. The lowest BCUT2D eigenvalue weighted by molar-refractivity contribution is 0.0956. The van der Waals surface area contributed by atoms with Crippen molar-refractivity contribution in [1.82, 2.24) is 10.4 Å². The predicted octanol–water partition coefficient (Wildman–Crippen LogP) is 6.22. The minimum Gasteiger partial charge on any atom is -0.490 e. The molecule has 0 aliphatic carbocycles. The molecule has 0 atom stereocenters. The summed E-state index contributed by atoms with van der Waals surface area (Å²) in [5, 5.41) is 4.96. The largest absolute Gasteiger partial charge is 0.490 e. The molecule has 0 radical (unpaired) electrons. The van der Waals surface area contributed by atoms with Crippen molar-refractivity contribution in [3.63, 3.8) is 0 Å². The van der Waals surface area contributed by atoms with Crippen LogP contribution in [0, 0.1) is 0 Å². The molecule has 1 aromatic heterocycles. The Morgan fingerprint density at radius 1 is 1.03 bits per heavy atom. The number of ether oxygens (including phenoxy) is 1. The number of aromatic nitrogens is 1. The molecule has 6 heteroatoms. The summed E-state index contributed by atoms with van der Waals surface area (Å²) in [6.07, 6.45) is 1.61. The van der Waals surface area contributed by atoms with Crippen LogP contribution in [0.15, 0.2) is 88.4 Å². The van der Waals surface area contributed by atoms with E-state index in [1.165, 1.54) is 0 Å². The highest BCUT2D eigenvalue weighted by atomic mass is 79.9. The third kappa shape index (κ3) is 5.03. The van der Waals surface area contributed by atoms with Crippen LogP contribution in [-0.2, 0) is 0 Å². The maximum Gasteiger partial charge on any atom is 0.272 e. The molecule has 1 heterocycles. The van der Waals surface area contributed by atoms with E-state index in [2.05, 4.69) is 26.5 Å². The molecule has 0 aliphatic rings. The number of nitrogens with one attached hydrogen (secondary N) is 1. The number of hydrogen-bond donors (Lipinski definition) is 1. The number of pyridine rings is 1. The molecule has 4 rings (SSSR count). The molecule has 0 spiro atoms. The lowest BCUT2D eigenvalue weighted by Crippen LogP contribution is -2.18. The van der Waals surface area contributed by atoms with Gasteiger partial charge in [-0.3, -0.25) is 4.79 Å². The fourth-order valence-electron chi connectivity index (χ4n) is 3.32. The third-order valence-corrected chi connectivity index (χ3v) is 5.23. The van der Waals surface area contributed by atoms with Crippen LogP contribution >= 0.6 is 15.9 Å². The number of benzene rings is 3. The van der Waals surface area contributed by atoms with E-state index in [4.69, 9.17) is 9.72 Å². The fraction of sp³-hybridized carbons (Fsp3) is 0.115. The first-order valence-corrected chi connectivity index (χ1v) is 11.1. The molecule has 0 fully saturated rings. The van der Waals surface area contributed by atoms with Gasteiger partial charge < -0.3 is 4.74 Å². The summed E-state index contributed by atoms with van der Waals surface area (Å²) >= 11 is 3.47. The van der Waals surface area contributed by atoms with Crippen LogP contribution in [0.3, 0.4) is 0 Å². The van der Waals surface area contributed by atoms with Crippen LogP contribution < -0.4 is 10.2 Å². The van der Waals surface area contributed by atoms with Crippen molar-refractivity contribution in [2.45, 2.75) is 20.0 Å². The van der Waals surface area contributed by atoms with Gasteiger partial charge in [0.15, 0.2) is 0 Å². The van der Waals surface area contributed by atoms with Crippen LogP contribution in [0.2, 0.25) is 0 Å². The highest BCUT2D eigenvalue weighted by Gasteiger charge is 2.13. The summed E-state index contributed by atoms with van der Waals surface area (Å²) < 4.78 is 6.73. The summed E-state index contributed by atoms with van der Waals surface area (Å²) in [4.78, 5) is 17.8. The first kappa shape index (κ1) is 21.7. The molecule has 0 saturated carbocycles. The van der Waals surface area contributed by atoms with Crippen molar-refractivity contribution < 1.29 is 9.53 Å². The first-order valence-electron chi connectivity index (χ1n) is 10.3. The standard InChI is InChI=1S/C26H22BrN3O2/c1-17(2)32-25-13-12-20(27)14-19(25)16-28-30-26(31)22-15-24(18-8-4-3-5-9-18)29-23-11-7-6-10-21(22)23/h3-17H,1-2H3,(H,30,31)/b28-16-. The summed E-state index contributed by atoms with van der Waals surface area (Å²) in [5.74, 6) is 0.389. The number of rotatable bonds is 6. The zero-order valence-corrected chi connectivity index (χ0v) is 19.3. The summed E-state index contributed by atoms with van der Waals surface area (Å²) in [7, 11) is 0. The number of fused-ring (bicyclic) bond motifs is 1. The van der Waals surface area contributed by atoms with E-state index in [1.807, 2.05) is 86.6 Å². The fourth-order valence-corrected chi connectivity index (χ4v) is 3.70. The van der Waals surface area contributed by atoms with Crippen LogP contribution in [0.1, 0.15) is 29.8 Å². The Hall–Kier alpha value is -3.51.